The van der Waals surface area contributed by atoms with Gasteiger partial charge < -0.3 is 5.32 Å². The number of hydrogen-bond acceptors (Lipinski definition) is 4. The lowest BCUT2D eigenvalue weighted by atomic mass is 10.0. The van der Waals surface area contributed by atoms with Crippen LogP contribution in [0.2, 0.25) is 0 Å². The summed E-state index contributed by atoms with van der Waals surface area (Å²) in [5, 5.41) is 4.76. The first-order chi connectivity index (χ1) is 8.04. The van der Waals surface area contributed by atoms with E-state index < -0.39 is 29.3 Å². The van der Waals surface area contributed by atoms with Crippen LogP contribution in [0, 0.1) is 5.41 Å². The van der Waals surface area contributed by atoms with Crippen LogP contribution >= 0.6 is 0 Å². The Hall–Kier alpha value is -1.92. The highest BCUT2D eigenvalue weighted by Gasteiger charge is 2.63. The van der Waals surface area contributed by atoms with Gasteiger partial charge >= 0.3 is 6.03 Å². The van der Waals surface area contributed by atoms with E-state index in [0.29, 0.717) is 12.8 Å². The fourth-order valence-corrected chi connectivity index (χ4v) is 2.37. The van der Waals surface area contributed by atoms with Crippen LogP contribution in [-0.2, 0) is 14.4 Å². The monoisotopic (exact) mass is 237 g/mol. The number of carbonyl (C=O) groups excluding carboxylic acids is 4. The Bertz CT molecular complexity index is 454. The number of barbiturate groups is 1. The summed E-state index contributed by atoms with van der Waals surface area (Å²) in [6.07, 6.45) is 1.08. The lowest BCUT2D eigenvalue weighted by Gasteiger charge is -2.33. The van der Waals surface area contributed by atoms with Crippen molar-refractivity contribution in [1.82, 2.24) is 15.5 Å². The Morgan fingerprint density at radius 1 is 1.18 bits per heavy atom. The molecule has 0 bridgehead atoms. The molecule has 0 aromatic heterocycles. The summed E-state index contributed by atoms with van der Waals surface area (Å²) >= 11 is 0. The maximum atomic E-state index is 12.1. The maximum absolute atomic E-state index is 12.1. The van der Waals surface area contributed by atoms with E-state index in [4.69, 9.17) is 0 Å². The van der Waals surface area contributed by atoms with Gasteiger partial charge in [0.1, 0.15) is 5.41 Å². The molecule has 3 fully saturated rings. The minimum Gasteiger partial charge on any atom is -0.354 e. The number of rotatable bonds is 1. The van der Waals surface area contributed by atoms with Gasteiger partial charge in [0, 0.05) is 13.0 Å². The number of hydrogen-bond donors (Lipinski definition) is 2. The molecule has 0 aromatic rings. The molecule has 0 radical (unpaired) electrons. The zero-order valence-corrected chi connectivity index (χ0v) is 8.99. The number of imide groups is 2. The van der Waals surface area contributed by atoms with E-state index in [1.165, 1.54) is 0 Å². The van der Waals surface area contributed by atoms with Crippen LogP contribution in [0.25, 0.3) is 0 Å². The summed E-state index contributed by atoms with van der Waals surface area (Å²) in [4.78, 5) is 47.5. The first-order valence-electron chi connectivity index (χ1n) is 5.50. The van der Waals surface area contributed by atoms with Crippen molar-refractivity contribution in [1.29, 1.82) is 0 Å². The highest BCUT2D eigenvalue weighted by Crippen LogP contribution is 2.49. The smallest absolute Gasteiger partial charge is 0.331 e. The van der Waals surface area contributed by atoms with E-state index in [1.807, 2.05) is 0 Å². The van der Waals surface area contributed by atoms with E-state index in [2.05, 4.69) is 10.6 Å². The Balaban J connectivity index is 1.88. The minimum absolute atomic E-state index is 0.115. The van der Waals surface area contributed by atoms with Gasteiger partial charge in [-0.2, -0.15) is 0 Å². The Morgan fingerprint density at radius 3 is 2.41 bits per heavy atom. The van der Waals surface area contributed by atoms with Crippen molar-refractivity contribution in [3.63, 3.8) is 0 Å². The quantitative estimate of drug-likeness (QED) is 0.556. The number of urea groups is 1. The highest BCUT2D eigenvalue weighted by molar-refractivity contribution is 6.21. The molecule has 17 heavy (non-hydrogen) atoms. The summed E-state index contributed by atoms with van der Waals surface area (Å²) in [5.74, 6) is -1.13. The fraction of sp³-hybridized carbons (Fsp3) is 0.600. The minimum atomic E-state index is -1.03. The van der Waals surface area contributed by atoms with Crippen molar-refractivity contribution in [2.75, 3.05) is 6.54 Å². The average Bonchev–Trinajstić information content (AvgIpc) is 2.96. The van der Waals surface area contributed by atoms with Crippen molar-refractivity contribution < 1.29 is 19.2 Å². The summed E-state index contributed by atoms with van der Waals surface area (Å²) in [7, 11) is 0. The van der Waals surface area contributed by atoms with Gasteiger partial charge in [0.2, 0.25) is 17.7 Å². The van der Waals surface area contributed by atoms with Gasteiger partial charge in [0.05, 0.1) is 6.04 Å². The second-order valence-corrected chi connectivity index (χ2v) is 4.68. The van der Waals surface area contributed by atoms with Crippen LogP contribution in [0.3, 0.4) is 0 Å². The number of nitrogens with zero attached hydrogens (tertiary/aromatic N) is 1. The predicted molar refractivity (Wildman–Crippen MR) is 53.5 cm³/mol. The molecular weight excluding hydrogens is 226 g/mol. The molecule has 7 heteroatoms. The third-order valence-corrected chi connectivity index (χ3v) is 3.57. The highest BCUT2D eigenvalue weighted by atomic mass is 16.2. The molecule has 2 heterocycles. The number of amides is 5. The molecule has 2 aliphatic heterocycles. The molecule has 1 unspecified atom stereocenters. The van der Waals surface area contributed by atoms with Crippen molar-refractivity contribution in [2.45, 2.75) is 25.3 Å². The van der Waals surface area contributed by atoms with Crippen LogP contribution < -0.4 is 10.6 Å². The van der Waals surface area contributed by atoms with Gasteiger partial charge in [-0.3, -0.25) is 24.6 Å². The molecule has 5 amide bonds. The van der Waals surface area contributed by atoms with Crippen LogP contribution in [0.4, 0.5) is 4.79 Å². The molecule has 0 aromatic carbocycles. The normalized spacial score (nSPS) is 30.6. The molecule has 1 spiro atoms. The average molecular weight is 237 g/mol. The van der Waals surface area contributed by atoms with Crippen molar-refractivity contribution in [3.05, 3.63) is 0 Å². The van der Waals surface area contributed by atoms with E-state index in [1.54, 1.807) is 0 Å². The van der Waals surface area contributed by atoms with Gasteiger partial charge in [-0.05, 0) is 12.8 Å². The molecule has 2 N–H and O–H groups in total. The van der Waals surface area contributed by atoms with Crippen LogP contribution in [0.1, 0.15) is 19.3 Å². The van der Waals surface area contributed by atoms with Crippen molar-refractivity contribution in [2.24, 2.45) is 5.41 Å². The van der Waals surface area contributed by atoms with Crippen molar-refractivity contribution >= 4 is 23.8 Å². The summed E-state index contributed by atoms with van der Waals surface area (Å²) in [6, 6.07) is -1.18. The standard InChI is InChI=1S/C10H11N3O4/c14-6-3-5(4-11-6)13-8(16)10(1-2-10)7(15)12-9(13)17/h5H,1-4H2,(H,11,14)(H,12,15,17). The van der Waals surface area contributed by atoms with E-state index in [-0.39, 0.29) is 18.9 Å². The van der Waals surface area contributed by atoms with Gasteiger partial charge in [0.15, 0.2) is 0 Å². The molecule has 3 rings (SSSR count). The van der Waals surface area contributed by atoms with Gasteiger partial charge in [-0.25, -0.2) is 4.79 Å². The van der Waals surface area contributed by atoms with E-state index in [0.717, 1.165) is 4.90 Å². The lowest BCUT2D eigenvalue weighted by molar-refractivity contribution is -0.145. The molecule has 90 valence electrons. The van der Waals surface area contributed by atoms with Gasteiger partial charge in [0.25, 0.3) is 0 Å². The molecule has 2 saturated heterocycles. The molecule has 1 aliphatic carbocycles. The van der Waals surface area contributed by atoms with E-state index in [9.17, 15) is 19.2 Å². The van der Waals surface area contributed by atoms with E-state index >= 15 is 0 Å². The Morgan fingerprint density at radius 2 is 1.88 bits per heavy atom. The Labute approximate surface area is 96.5 Å². The Kier molecular flexibility index (Phi) is 1.84. The predicted octanol–water partition coefficient (Wildman–Crippen LogP) is -1.27. The molecule has 1 atom stereocenters. The zero-order valence-electron chi connectivity index (χ0n) is 8.99. The lowest BCUT2D eigenvalue weighted by Crippen LogP contribution is -2.62. The zero-order chi connectivity index (χ0) is 12.2. The molecule has 3 aliphatic rings. The topological polar surface area (TPSA) is 95.6 Å². The first-order valence-corrected chi connectivity index (χ1v) is 5.50. The van der Waals surface area contributed by atoms with Crippen LogP contribution in [0.5, 0.6) is 0 Å². The summed E-state index contributed by atoms with van der Waals surface area (Å²) in [5.41, 5.74) is -1.03. The first kappa shape index (κ1) is 10.2. The summed E-state index contributed by atoms with van der Waals surface area (Å²) in [6.45, 7) is 0.266. The third kappa shape index (κ3) is 1.28. The molecule has 1 saturated carbocycles. The second kappa shape index (κ2) is 3.06. The second-order valence-electron chi connectivity index (χ2n) is 4.68. The SMILES string of the molecule is O=C1CC(N2C(=O)NC(=O)C3(CC3)C2=O)CN1. The maximum Gasteiger partial charge on any atom is 0.331 e. The summed E-state index contributed by atoms with van der Waals surface area (Å²) < 4.78 is 0. The van der Waals surface area contributed by atoms with Gasteiger partial charge in [-0.1, -0.05) is 0 Å². The third-order valence-electron chi connectivity index (χ3n) is 3.57. The molecular formula is C10H11N3O4. The number of nitrogens with one attached hydrogen (secondary N) is 2. The van der Waals surface area contributed by atoms with Crippen molar-refractivity contribution in [3.8, 4) is 0 Å². The molecule has 7 nitrogen and oxygen atoms in total. The van der Waals surface area contributed by atoms with Gasteiger partial charge in [-0.15, -0.1) is 0 Å². The fourth-order valence-electron chi connectivity index (χ4n) is 2.37. The van der Waals surface area contributed by atoms with Crippen LogP contribution in [0.15, 0.2) is 0 Å². The number of carbonyl (C=O) groups is 4. The largest absolute Gasteiger partial charge is 0.354 e. The van der Waals surface area contributed by atoms with Crippen LogP contribution in [-0.4, -0.2) is 41.2 Å².